The Labute approximate surface area is 83.2 Å². The molecular formula is C11H18B2. The second-order valence-electron chi connectivity index (χ2n) is 4.16. The van der Waals surface area contributed by atoms with E-state index in [2.05, 4.69) is 45.0 Å². The van der Waals surface area contributed by atoms with E-state index in [4.69, 9.17) is 0 Å². The SMILES string of the molecule is CCBc1ccc(BC(C)C)cc1. The van der Waals surface area contributed by atoms with E-state index in [0.29, 0.717) is 0 Å². The third-order valence-electron chi connectivity index (χ3n) is 2.21. The van der Waals surface area contributed by atoms with E-state index in [1.807, 2.05) is 0 Å². The molecule has 0 fully saturated rings. The van der Waals surface area contributed by atoms with Crippen LogP contribution in [0.1, 0.15) is 20.8 Å². The van der Waals surface area contributed by atoms with Gasteiger partial charge in [0.1, 0.15) is 0 Å². The van der Waals surface area contributed by atoms with E-state index in [9.17, 15) is 0 Å². The monoisotopic (exact) mass is 172 g/mol. The second kappa shape index (κ2) is 5.16. The Morgan fingerprint density at radius 3 is 2.08 bits per heavy atom. The number of hydrogen-bond acceptors (Lipinski definition) is 0. The van der Waals surface area contributed by atoms with Gasteiger partial charge in [0.2, 0.25) is 0 Å². The molecule has 0 saturated carbocycles. The molecule has 0 atom stereocenters. The average molecular weight is 172 g/mol. The molecule has 0 radical (unpaired) electrons. The highest BCUT2D eigenvalue weighted by Gasteiger charge is 2.00. The minimum absolute atomic E-state index is 0.761. The summed E-state index contributed by atoms with van der Waals surface area (Å²) in [6.45, 7) is 6.75. The van der Waals surface area contributed by atoms with Gasteiger partial charge in [-0.1, -0.05) is 68.1 Å². The van der Waals surface area contributed by atoms with E-state index < -0.39 is 0 Å². The predicted molar refractivity (Wildman–Crippen MR) is 65.6 cm³/mol. The van der Waals surface area contributed by atoms with Gasteiger partial charge in [-0.2, -0.15) is 0 Å². The largest absolute Gasteiger partial charge is 0.160 e. The molecule has 0 heterocycles. The molecule has 0 unspecified atom stereocenters. The molecule has 0 nitrogen and oxygen atoms in total. The van der Waals surface area contributed by atoms with Crippen LogP contribution in [0.5, 0.6) is 0 Å². The summed E-state index contributed by atoms with van der Waals surface area (Å²) < 4.78 is 0. The highest BCUT2D eigenvalue weighted by atomic mass is 13.9. The van der Waals surface area contributed by atoms with E-state index in [0.717, 1.165) is 5.82 Å². The smallest absolute Gasteiger partial charge is 0.0846 e. The summed E-state index contributed by atoms with van der Waals surface area (Å²) >= 11 is 0. The fraction of sp³-hybridized carbons (Fsp3) is 0.455. The zero-order chi connectivity index (χ0) is 9.68. The first kappa shape index (κ1) is 10.4. The van der Waals surface area contributed by atoms with E-state index in [1.54, 1.807) is 0 Å². The molecule has 1 aromatic carbocycles. The highest BCUT2D eigenvalue weighted by Crippen LogP contribution is 1.96. The highest BCUT2D eigenvalue weighted by molar-refractivity contribution is 6.56. The summed E-state index contributed by atoms with van der Waals surface area (Å²) in [6, 6.07) is 9.07. The zero-order valence-corrected chi connectivity index (χ0v) is 9.01. The van der Waals surface area contributed by atoms with E-state index >= 15 is 0 Å². The maximum atomic E-state index is 2.27. The molecule has 0 saturated heterocycles. The molecule has 0 amide bonds. The molecule has 0 bridgehead atoms. The molecule has 0 aromatic heterocycles. The fourth-order valence-corrected chi connectivity index (χ4v) is 1.60. The van der Waals surface area contributed by atoms with Gasteiger partial charge in [-0.15, -0.1) is 0 Å². The zero-order valence-electron chi connectivity index (χ0n) is 9.01. The third kappa shape index (κ3) is 3.71. The lowest BCUT2D eigenvalue weighted by Gasteiger charge is -2.03. The van der Waals surface area contributed by atoms with Crippen molar-refractivity contribution in [3.05, 3.63) is 24.3 Å². The lowest BCUT2D eigenvalue weighted by molar-refractivity contribution is 1.07. The lowest BCUT2D eigenvalue weighted by Crippen LogP contribution is -2.21. The Morgan fingerprint density at radius 1 is 1.08 bits per heavy atom. The summed E-state index contributed by atoms with van der Waals surface area (Å²) in [5.41, 5.74) is 2.94. The van der Waals surface area contributed by atoms with Crippen LogP contribution in [-0.4, -0.2) is 14.6 Å². The standard InChI is InChI=1S/C11H18B2/c1-4-12-10-5-7-11(8-6-10)13-9(2)3/h5-9,12-13H,4H2,1-3H3. The Bertz CT molecular complexity index is 239. The molecule has 0 aliphatic heterocycles. The van der Waals surface area contributed by atoms with Crippen LogP contribution in [0.15, 0.2) is 24.3 Å². The van der Waals surface area contributed by atoms with Gasteiger partial charge in [-0.25, -0.2) is 0 Å². The van der Waals surface area contributed by atoms with Crippen LogP contribution >= 0.6 is 0 Å². The van der Waals surface area contributed by atoms with Crippen LogP contribution in [0, 0.1) is 0 Å². The van der Waals surface area contributed by atoms with Crippen molar-refractivity contribution in [1.29, 1.82) is 0 Å². The Hall–Kier alpha value is -0.650. The first-order valence-corrected chi connectivity index (χ1v) is 5.30. The molecule has 1 aromatic rings. The van der Waals surface area contributed by atoms with Crippen molar-refractivity contribution in [1.82, 2.24) is 0 Å². The summed E-state index contributed by atoms with van der Waals surface area (Å²) in [5, 5.41) is 0. The number of rotatable bonds is 4. The fourth-order valence-electron chi connectivity index (χ4n) is 1.60. The van der Waals surface area contributed by atoms with Gasteiger partial charge >= 0.3 is 0 Å². The molecule has 0 spiro atoms. The third-order valence-corrected chi connectivity index (χ3v) is 2.21. The van der Waals surface area contributed by atoms with Crippen LogP contribution in [-0.2, 0) is 0 Å². The maximum Gasteiger partial charge on any atom is 0.160 e. The molecule has 13 heavy (non-hydrogen) atoms. The van der Waals surface area contributed by atoms with Gasteiger partial charge in [-0.3, -0.25) is 0 Å². The predicted octanol–water partition coefficient (Wildman–Crippen LogP) is 1.08. The van der Waals surface area contributed by atoms with Crippen molar-refractivity contribution >= 4 is 25.5 Å². The quantitative estimate of drug-likeness (QED) is 0.596. The summed E-state index contributed by atoms with van der Waals surface area (Å²) in [4.78, 5) is 0. The van der Waals surface area contributed by atoms with E-state index in [1.165, 1.54) is 31.8 Å². The Morgan fingerprint density at radius 2 is 1.62 bits per heavy atom. The van der Waals surface area contributed by atoms with Crippen LogP contribution in [0.2, 0.25) is 12.1 Å². The minimum Gasteiger partial charge on any atom is -0.0846 e. The first-order valence-electron chi connectivity index (χ1n) is 5.30. The molecule has 68 valence electrons. The van der Waals surface area contributed by atoms with Crippen LogP contribution < -0.4 is 10.9 Å². The molecule has 0 N–H and O–H groups in total. The molecule has 2 heteroatoms. The van der Waals surface area contributed by atoms with Crippen LogP contribution in [0.3, 0.4) is 0 Å². The first-order chi connectivity index (χ1) is 6.22. The van der Waals surface area contributed by atoms with E-state index in [-0.39, 0.29) is 0 Å². The second-order valence-corrected chi connectivity index (χ2v) is 4.16. The number of hydrogen-bond donors (Lipinski definition) is 0. The summed E-state index contributed by atoms with van der Waals surface area (Å²) in [7, 11) is 2.41. The van der Waals surface area contributed by atoms with Gasteiger partial charge in [0.15, 0.2) is 14.6 Å². The summed E-state index contributed by atoms with van der Waals surface area (Å²) in [6.07, 6.45) is 1.24. The molecule has 0 aliphatic rings. The van der Waals surface area contributed by atoms with Crippen molar-refractivity contribution < 1.29 is 0 Å². The van der Waals surface area contributed by atoms with Gasteiger partial charge in [0, 0.05) is 0 Å². The van der Waals surface area contributed by atoms with Crippen molar-refractivity contribution in [2.75, 3.05) is 0 Å². The normalized spacial score (nSPS) is 10.2. The van der Waals surface area contributed by atoms with Gasteiger partial charge in [0.25, 0.3) is 0 Å². The van der Waals surface area contributed by atoms with Crippen molar-refractivity contribution in [2.45, 2.75) is 32.9 Å². The molecule has 0 aliphatic carbocycles. The van der Waals surface area contributed by atoms with Gasteiger partial charge in [0.05, 0.1) is 0 Å². The van der Waals surface area contributed by atoms with Crippen molar-refractivity contribution in [3.63, 3.8) is 0 Å². The van der Waals surface area contributed by atoms with Crippen LogP contribution in [0.25, 0.3) is 0 Å². The van der Waals surface area contributed by atoms with Gasteiger partial charge < -0.3 is 0 Å². The van der Waals surface area contributed by atoms with Crippen molar-refractivity contribution in [3.8, 4) is 0 Å². The molecule has 1 rings (SSSR count). The lowest BCUT2D eigenvalue weighted by atomic mass is 9.59. The Balaban J connectivity index is 2.59. The molecular weight excluding hydrogens is 154 g/mol. The summed E-state index contributed by atoms with van der Waals surface area (Å²) in [5.74, 6) is 0.761. The van der Waals surface area contributed by atoms with Crippen molar-refractivity contribution in [2.24, 2.45) is 0 Å². The number of benzene rings is 1. The van der Waals surface area contributed by atoms with Crippen LogP contribution in [0.4, 0.5) is 0 Å². The van der Waals surface area contributed by atoms with Gasteiger partial charge in [-0.05, 0) is 0 Å². The Kier molecular flexibility index (Phi) is 4.14. The average Bonchev–Trinajstić information content (AvgIpc) is 2.08. The topological polar surface area (TPSA) is 0 Å². The maximum absolute atomic E-state index is 2.27. The minimum atomic E-state index is 0.761.